The average molecular weight is 271 g/mol. The summed E-state index contributed by atoms with van der Waals surface area (Å²) in [5.41, 5.74) is 0.826. The third kappa shape index (κ3) is 2.95. The Bertz CT molecular complexity index is 604. The molecule has 1 unspecified atom stereocenters. The fourth-order valence-electron chi connectivity index (χ4n) is 2.41. The molecule has 2 aromatic rings. The molecule has 5 heteroatoms. The van der Waals surface area contributed by atoms with Crippen LogP contribution in [-0.2, 0) is 9.53 Å². The van der Waals surface area contributed by atoms with E-state index in [9.17, 15) is 4.79 Å². The highest BCUT2D eigenvalue weighted by Crippen LogP contribution is 2.22. The minimum atomic E-state index is -0.00249. The van der Waals surface area contributed by atoms with E-state index in [1.165, 1.54) is 0 Å². The van der Waals surface area contributed by atoms with Gasteiger partial charge in [0.2, 0.25) is 5.91 Å². The lowest BCUT2D eigenvalue weighted by Gasteiger charge is -2.23. The Balaban J connectivity index is 1.71. The normalized spacial score (nSPS) is 18.9. The first-order valence-corrected chi connectivity index (χ1v) is 6.76. The molecule has 1 aromatic carbocycles. The van der Waals surface area contributed by atoms with E-state index in [-0.39, 0.29) is 11.9 Å². The maximum atomic E-state index is 12.1. The third-order valence-electron chi connectivity index (χ3n) is 3.39. The van der Waals surface area contributed by atoms with Crippen LogP contribution in [0.1, 0.15) is 6.42 Å². The number of nitrogens with zero attached hydrogens (tertiary/aromatic N) is 1. The van der Waals surface area contributed by atoms with E-state index in [1.54, 1.807) is 12.4 Å². The molecule has 2 N–H and O–H groups in total. The van der Waals surface area contributed by atoms with E-state index in [0.717, 1.165) is 23.0 Å². The van der Waals surface area contributed by atoms with Crippen molar-refractivity contribution >= 4 is 22.4 Å². The Morgan fingerprint density at radius 3 is 3.25 bits per heavy atom. The Morgan fingerprint density at radius 1 is 1.45 bits per heavy atom. The number of morpholine rings is 1. The summed E-state index contributed by atoms with van der Waals surface area (Å²) in [6.07, 6.45) is 3.94. The van der Waals surface area contributed by atoms with Gasteiger partial charge in [0.05, 0.1) is 13.2 Å². The van der Waals surface area contributed by atoms with Crippen LogP contribution in [0.15, 0.2) is 36.7 Å². The summed E-state index contributed by atoms with van der Waals surface area (Å²) in [5, 5.41) is 8.27. The second kappa shape index (κ2) is 5.98. The molecule has 5 nitrogen and oxygen atoms in total. The first-order valence-electron chi connectivity index (χ1n) is 6.76. The molecule has 0 saturated carbocycles. The molecule has 0 aliphatic carbocycles. The summed E-state index contributed by atoms with van der Waals surface area (Å²) in [7, 11) is 0. The molecular formula is C15H17N3O2. The monoisotopic (exact) mass is 271 g/mol. The van der Waals surface area contributed by atoms with Gasteiger partial charge in [0.1, 0.15) is 0 Å². The molecule has 1 saturated heterocycles. The van der Waals surface area contributed by atoms with Crippen LogP contribution in [0.5, 0.6) is 0 Å². The molecule has 0 spiro atoms. The number of ether oxygens (including phenoxy) is 1. The van der Waals surface area contributed by atoms with E-state index in [4.69, 9.17) is 4.74 Å². The highest BCUT2D eigenvalue weighted by molar-refractivity contribution is 6.01. The predicted octanol–water partition coefficient (Wildman–Crippen LogP) is 1.55. The minimum absolute atomic E-state index is 0.00249. The van der Waals surface area contributed by atoms with Crippen molar-refractivity contribution in [1.29, 1.82) is 0 Å². The summed E-state index contributed by atoms with van der Waals surface area (Å²) < 4.78 is 5.35. The molecule has 1 amide bonds. The number of benzene rings is 1. The van der Waals surface area contributed by atoms with Gasteiger partial charge < -0.3 is 15.4 Å². The summed E-state index contributed by atoms with van der Waals surface area (Å²) in [6.45, 7) is 2.11. The molecule has 1 fully saturated rings. The van der Waals surface area contributed by atoms with Crippen LogP contribution in [0.2, 0.25) is 0 Å². The van der Waals surface area contributed by atoms with Crippen LogP contribution in [0.25, 0.3) is 10.8 Å². The molecule has 0 bridgehead atoms. The smallest absolute Gasteiger partial charge is 0.226 e. The molecular weight excluding hydrogens is 254 g/mol. The van der Waals surface area contributed by atoms with Crippen molar-refractivity contribution in [2.24, 2.45) is 0 Å². The van der Waals surface area contributed by atoms with Crippen molar-refractivity contribution in [3.05, 3.63) is 36.7 Å². The lowest BCUT2D eigenvalue weighted by molar-refractivity contribution is -0.117. The number of hydrogen-bond donors (Lipinski definition) is 2. The molecule has 2 heterocycles. The van der Waals surface area contributed by atoms with Crippen molar-refractivity contribution in [2.75, 3.05) is 25.1 Å². The van der Waals surface area contributed by atoms with Crippen LogP contribution in [-0.4, -0.2) is 36.7 Å². The lowest BCUT2D eigenvalue weighted by Crippen LogP contribution is -2.43. The van der Waals surface area contributed by atoms with Gasteiger partial charge in [0.25, 0.3) is 0 Å². The van der Waals surface area contributed by atoms with Crippen LogP contribution >= 0.6 is 0 Å². The lowest BCUT2D eigenvalue weighted by atomic mass is 10.1. The van der Waals surface area contributed by atoms with Gasteiger partial charge in [0, 0.05) is 47.9 Å². The maximum Gasteiger partial charge on any atom is 0.226 e. The Labute approximate surface area is 117 Å². The average Bonchev–Trinajstić information content (AvgIpc) is 2.48. The van der Waals surface area contributed by atoms with E-state index < -0.39 is 0 Å². The number of carbonyl (C=O) groups excluding carboxylic acids is 1. The predicted molar refractivity (Wildman–Crippen MR) is 77.6 cm³/mol. The molecule has 1 atom stereocenters. The van der Waals surface area contributed by atoms with Crippen molar-refractivity contribution < 1.29 is 9.53 Å². The summed E-state index contributed by atoms with van der Waals surface area (Å²) in [6, 6.07) is 7.81. The molecule has 1 aromatic heterocycles. The standard InChI is InChI=1S/C15H17N3O2/c19-15(8-12-10-20-7-6-17-12)18-14-3-1-2-11-9-16-5-4-13(11)14/h1-5,9,12,17H,6-8,10H2,(H,18,19). The molecule has 104 valence electrons. The van der Waals surface area contributed by atoms with Crippen LogP contribution in [0, 0.1) is 0 Å². The number of rotatable bonds is 3. The summed E-state index contributed by atoms with van der Waals surface area (Å²) >= 11 is 0. The Kier molecular flexibility index (Phi) is 3.90. The second-order valence-electron chi connectivity index (χ2n) is 4.88. The number of hydrogen-bond acceptors (Lipinski definition) is 4. The number of carbonyl (C=O) groups is 1. The van der Waals surface area contributed by atoms with Crippen LogP contribution < -0.4 is 10.6 Å². The SMILES string of the molecule is O=C(CC1COCCN1)Nc1cccc2cnccc12. The number of aromatic nitrogens is 1. The Hall–Kier alpha value is -1.98. The largest absolute Gasteiger partial charge is 0.378 e. The summed E-state index contributed by atoms with van der Waals surface area (Å²) in [5.74, 6) is -0.00249. The first-order chi connectivity index (χ1) is 9.83. The third-order valence-corrected chi connectivity index (χ3v) is 3.39. The number of fused-ring (bicyclic) bond motifs is 1. The van der Waals surface area contributed by atoms with Crippen molar-refractivity contribution in [1.82, 2.24) is 10.3 Å². The fourth-order valence-corrected chi connectivity index (χ4v) is 2.41. The number of nitrogens with one attached hydrogen (secondary N) is 2. The van der Waals surface area contributed by atoms with Gasteiger partial charge >= 0.3 is 0 Å². The van der Waals surface area contributed by atoms with E-state index >= 15 is 0 Å². The number of amides is 1. The topological polar surface area (TPSA) is 63.2 Å². The van der Waals surface area contributed by atoms with Gasteiger partial charge in [-0.15, -0.1) is 0 Å². The van der Waals surface area contributed by atoms with Gasteiger partial charge in [-0.25, -0.2) is 0 Å². The molecule has 1 aliphatic heterocycles. The minimum Gasteiger partial charge on any atom is -0.378 e. The first kappa shape index (κ1) is 13.0. The molecule has 20 heavy (non-hydrogen) atoms. The van der Waals surface area contributed by atoms with Gasteiger partial charge in [-0.3, -0.25) is 9.78 Å². The van der Waals surface area contributed by atoms with Gasteiger partial charge in [-0.05, 0) is 12.1 Å². The van der Waals surface area contributed by atoms with E-state index in [2.05, 4.69) is 15.6 Å². The van der Waals surface area contributed by atoms with Gasteiger partial charge in [-0.2, -0.15) is 0 Å². The van der Waals surface area contributed by atoms with Crippen molar-refractivity contribution in [3.63, 3.8) is 0 Å². The molecule has 1 aliphatic rings. The second-order valence-corrected chi connectivity index (χ2v) is 4.88. The van der Waals surface area contributed by atoms with Crippen molar-refractivity contribution in [2.45, 2.75) is 12.5 Å². The van der Waals surface area contributed by atoms with E-state index in [0.29, 0.717) is 19.6 Å². The molecule has 3 rings (SSSR count). The fraction of sp³-hybridized carbons (Fsp3) is 0.333. The maximum absolute atomic E-state index is 12.1. The van der Waals surface area contributed by atoms with Gasteiger partial charge in [0.15, 0.2) is 0 Å². The van der Waals surface area contributed by atoms with Crippen LogP contribution in [0.3, 0.4) is 0 Å². The zero-order valence-electron chi connectivity index (χ0n) is 11.1. The highest BCUT2D eigenvalue weighted by atomic mass is 16.5. The summed E-state index contributed by atoms with van der Waals surface area (Å²) in [4.78, 5) is 16.2. The van der Waals surface area contributed by atoms with Gasteiger partial charge in [-0.1, -0.05) is 12.1 Å². The van der Waals surface area contributed by atoms with Crippen LogP contribution in [0.4, 0.5) is 5.69 Å². The zero-order valence-corrected chi connectivity index (χ0v) is 11.1. The highest BCUT2D eigenvalue weighted by Gasteiger charge is 2.17. The number of anilines is 1. The number of pyridine rings is 1. The quantitative estimate of drug-likeness (QED) is 0.889. The zero-order chi connectivity index (χ0) is 13.8. The van der Waals surface area contributed by atoms with E-state index in [1.807, 2.05) is 24.3 Å². The van der Waals surface area contributed by atoms with Crippen molar-refractivity contribution in [3.8, 4) is 0 Å². The Morgan fingerprint density at radius 2 is 2.40 bits per heavy atom. The molecule has 0 radical (unpaired) electrons.